The molecule has 142 valence electrons. The van der Waals surface area contributed by atoms with Gasteiger partial charge in [-0.1, -0.05) is 11.8 Å². The molecule has 0 radical (unpaired) electrons. The lowest BCUT2D eigenvalue weighted by Crippen LogP contribution is -2.21. The van der Waals surface area contributed by atoms with Gasteiger partial charge in [-0.15, -0.1) is 10.2 Å². The van der Waals surface area contributed by atoms with Crippen LogP contribution in [-0.2, 0) is 11.8 Å². The number of rotatable bonds is 8. The van der Waals surface area contributed by atoms with E-state index in [-0.39, 0.29) is 11.7 Å². The Morgan fingerprint density at radius 2 is 1.93 bits per heavy atom. The van der Waals surface area contributed by atoms with Gasteiger partial charge in [0.2, 0.25) is 5.91 Å². The van der Waals surface area contributed by atoms with Gasteiger partial charge in [0, 0.05) is 31.5 Å². The van der Waals surface area contributed by atoms with Gasteiger partial charge in [0.1, 0.15) is 0 Å². The third kappa shape index (κ3) is 4.51. The third-order valence-corrected chi connectivity index (χ3v) is 5.21. The van der Waals surface area contributed by atoms with Gasteiger partial charge in [-0.05, 0) is 50.2 Å². The molecular formula is C19H23N5O2S. The molecular weight excluding hydrogens is 362 g/mol. The quantitative estimate of drug-likeness (QED) is 0.597. The van der Waals surface area contributed by atoms with Crippen molar-refractivity contribution in [1.29, 1.82) is 0 Å². The number of carbonyl (C=O) groups excluding carboxylic acids is 1. The highest BCUT2D eigenvalue weighted by Gasteiger charge is 2.14. The molecule has 2 heterocycles. The van der Waals surface area contributed by atoms with Crippen LogP contribution in [0.15, 0.2) is 52.2 Å². The number of amides is 1. The van der Waals surface area contributed by atoms with Crippen molar-refractivity contribution in [3.05, 3.63) is 42.7 Å². The summed E-state index contributed by atoms with van der Waals surface area (Å²) in [6, 6.07) is 11.5. The molecule has 3 rings (SSSR count). The molecule has 2 aromatic heterocycles. The number of hydrogen-bond donors (Lipinski definition) is 1. The van der Waals surface area contributed by atoms with Crippen LogP contribution in [0.4, 0.5) is 11.4 Å². The summed E-state index contributed by atoms with van der Waals surface area (Å²) in [5, 5.41) is 11.8. The maximum absolute atomic E-state index is 12.2. The van der Waals surface area contributed by atoms with E-state index in [4.69, 9.17) is 4.42 Å². The molecule has 0 bridgehead atoms. The van der Waals surface area contributed by atoms with Crippen molar-refractivity contribution < 1.29 is 9.21 Å². The number of furan rings is 1. The summed E-state index contributed by atoms with van der Waals surface area (Å²) >= 11 is 1.34. The van der Waals surface area contributed by atoms with E-state index in [1.807, 2.05) is 41.9 Å². The zero-order chi connectivity index (χ0) is 19.2. The molecule has 1 N–H and O–H groups in total. The van der Waals surface area contributed by atoms with E-state index in [2.05, 4.69) is 34.3 Å². The fourth-order valence-corrected chi connectivity index (χ4v) is 3.44. The molecule has 3 aromatic rings. The fraction of sp³-hybridized carbons (Fsp3) is 0.316. The van der Waals surface area contributed by atoms with Crippen LogP contribution in [0.2, 0.25) is 0 Å². The Labute approximate surface area is 162 Å². The summed E-state index contributed by atoms with van der Waals surface area (Å²) in [5.74, 6) is 1.45. The Morgan fingerprint density at radius 3 is 2.56 bits per heavy atom. The second-order valence-corrected chi connectivity index (χ2v) is 6.84. The van der Waals surface area contributed by atoms with Crippen molar-refractivity contribution in [2.45, 2.75) is 19.0 Å². The number of anilines is 2. The molecule has 0 spiro atoms. The minimum absolute atomic E-state index is 0.0851. The van der Waals surface area contributed by atoms with Gasteiger partial charge in [0.15, 0.2) is 16.7 Å². The summed E-state index contributed by atoms with van der Waals surface area (Å²) in [7, 11) is 1.85. The average molecular weight is 385 g/mol. The summed E-state index contributed by atoms with van der Waals surface area (Å²) in [6.45, 7) is 6.16. The Kier molecular flexibility index (Phi) is 6.18. The largest absolute Gasteiger partial charge is 0.461 e. The molecule has 0 saturated carbocycles. The van der Waals surface area contributed by atoms with E-state index in [0.29, 0.717) is 16.7 Å². The van der Waals surface area contributed by atoms with Gasteiger partial charge >= 0.3 is 0 Å². The second-order valence-electron chi connectivity index (χ2n) is 5.90. The van der Waals surface area contributed by atoms with Crippen LogP contribution in [0.3, 0.4) is 0 Å². The predicted octanol–water partition coefficient (Wildman–Crippen LogP) is 3.65. The molecule has 0 aliphatic heterocycles. The SMILES string of the molecule is CCN(CC)c1ccc(NC(=O)CSc2nnc(-c3ccco3)n2C)cc1. The van der Waals surface area contributed by atoms with E-state index < -0.39 is 0 Å². The third-order valence-electron chi connectivity index (χ3n) is 4.19. The minimum Gasteiger partial charge on any atom is -0.461 e. The lowest BCUT2D eigenvalue weighted by atomic mass is 10.2. The molecule has 0 fully saturated rings. The summed E-state index contributed by atoms with van der Waals surface area (Å²) in [5.41, 5.74) is 1.93. The molecule has 1 aromatic carbocycles. The monoisotopic (exact) mass is 385 g/mol. The molecule has 0 aliphatic carbocycles. The van der Waals surface area contributed by atoms with Gasteiger partial charge in [0.05, 0.1) is 12.0 Å². The Balaban J connectivity index is 1.56. The lowest BCUT2D eigenvalue weighted by molar-refractivity contribution is -0.113. The first-order chi connectivity index (χ1) is 13.1. The van der Waals surface area contributed by atoms with Crippen molar-refractivity contribution >= 4 is 29.0 Å². The van der Waals surface area contributed by atoms with Crippen LogP contribution >= 0.6 is 11.8 Å². The van der Waals surface area contributed by atoms with Crippen molar-refractivity contribution in [3.63, 3.8) is 0 Å². The lowest BCUT2D eigenvalue weighted by Gasteiger charge is -2.21. The summed E-state index contributed by atoms with van der Waals surface area (Å²) in [6.07, 6.45) is 1.59. The van der Waals surface area contributed by atoms with Gasteiger partial charge < -0.3 is 19.2 Å². The van der Waals surface area contributed by atoms with E-state index in [1.54, 1.807) is 12.3 Å². The number of nitrogens with one attached hydrogen (secondary N) is 1. The smallest absolute Gasteiger partial charge is 0.234 e. The Hall–Kier alpha value is -2.74. The van der Waals surface area contributed by atoms with Crippen molar-refractivity contribution in [3.8, 4) is 11.6 Å². The number of aromatic nitrogens is 3. The predicted molar refractivity (Wildman–Crippen MR) is 108 cm³/mol. The molecule has 0 atom stereocenters. The number of carbonyl (C=O) groups is 1. The van der Waals surface area contributed by atoms with E-state index in [1.165, 1.54) is 11.8 Å². The Bertz CT molecular complexity index is 870. The molecule has 27 heavy (non-hydrogen) atoms. The average Bonchev–Trinajstić information content (AvgIpc) is 3.32. The van der Waals surface area contributed by atoms with Crippen LogP contribution in [0.1, 0.15) is 13.8 Å². The second kappa shape index (κ2) is 8.77. The van der Waals surface area contributed by atoms with E-state index in [9.17, 15) is 4.79 Å². The highest BCUT2D eigenvalue weighted by atomic mass is 32.2. The van der Waals surface area contributed by atoms with Gasteiger partial charge in [0.25, 0.3) is 0 Å². The molecule has 0 saturated heterocycles. The van der Waals surface area contributed by atoms with Crippen molar-refractivity contribution in [1.82, 2.24) is 14.8 Å². The standard InChI is InChI=1S/C19H23N5O2S/c1-4-24(5-2)15-10-8-14(9-11-15)20-17(25)13-27-19-22-21-18(23(19)3)16-7-6-12-26-16/h6-12H,4-5,13H2,1-3H3,(H,20,25). The van der Waals surface area contributed by atoms with Crippen molar-refractivity contribution in [2.75, 3.05) is 29.1 Å². The zero-order valence-electron chi connectivity index (χ0n) is 15.7. The topological polar surface area (TPSA) is 76.2 Å². The maximum Gasteiger partial charge on any atom is 0.234 e. The highest BCUT2D eigenvalue weighted by molar-refractivity contribution is 7.99. The Morgan fingerprint density at radius 1 is 1.19 bits per heavy atom. The first-order valence-electron chi connectivity index (χ1n) is 8.83. The number of benzene rings is 1. The molecule has 8 heteroatoms. The molecule has 0 aliphatic rings. The molecule has 0 unspecified atom stereocenters. The maximum atomic E-state index is 12.2. The first-order valence-corrected chi connectivity index (χ1v) is 9.81. The molecule has 1 amide bonds. The van der Waals surface area contributed by atoms with Gasteiger partial charge in [-0.25, -0.2) is 0 Å². The number of thioether (sulfide) groups is 1. The molecule has 7 nitrogen and oxygen atoms in total. The summed E-state index contributed by atoms with van der Waals surface area (Å²) in [4.78, 5) is 14.5. The van der Waals surface area contributed by atoms with Crippen molar-refractivity contribution in [2.24, 2.45) is 7.05 Å². The van der Waals surface area contributed by atoms with Crippen LogP contribution in [0.25, 0.3) is 11.6 Å². The minimum atomic E-state index is -0.0851. The van der Waals surface area contributed by atoms with Crippen LogP contribution < -0.4 is 10.2 Å². The highest BCUT2D eigenvalue weighted by Crippen LogP contribution is 2.23. The fourth-order valence-electron chi connectivity index (χ4n) is 2.73. The van der Waals surface area contributed by atoms with Crippen LogP contribution in [-0.4, -0.2) is 39.5 Å². The van der Waals surface area contributed by atoms with E-state index in [0.717, 1.165) is 24.5 Å². The zero-order valence-corrected chi connectivity index (χ0v) is 16.5. The van der Waals surface area contributed by atoms with Gasteiger partial charge in [-0.3, -0.25) is 4.79 Å². The normalized spacial score (nSPS) is 10.8. The van der Waals surface area contributed by atoms with Gasteiger partial charge in [-0.2, -0.15) is 0 Å². The number of nitrogens with zero attached hydrogens (tertiary/aromatic N) is 4. The first kappa shape index (κ1) is 19.0. The van der Waals surface area contributed by atoms with Crippen LogP contribution in [0, 0.1) is 0 Å². The van der Waals surface area contributed by atoms with E-state index >= 15 is 0 Å². The number of hydrogen-bond acceptors (Lipinski definition) is 6. The van der Waals surface area contributed by atoms with Crippen LogP contribution in [0.5, 0.6) is 0 Å². The summed E-state index contributed by atoms with van der Waals surface area (Å²) < 4.78 is 7.16.